The van der Waals surface area contributed by atoms with Crippen molar-refractivity contribution in [3.05, 3.63) is 40.4 Å². The first kappa shape index (κ1) is 14.5. The standard InChI is InChI=1S/C13H8ClF3O3/c1-2-6-5-10-7(4-9(6)14)3-8(12(18)19)11(20-10)13(15,16)17/h2-5,11H,1H2,(H,18,19). The van der Waals surface area contributed by atoms with Gasteiger partial charge in [-0.3, -0.25) is 0 Å². The van der Waals surface area contributed by atoms with Gasteiger partial charge in [0.1, 0.15) is 5.75 Å². The minimum Gasteiger partial charge on any atom is -0.478 e. The molecule has 1 atom stereocenters. The fourth-order valence-electron chi connectivity index (χ4n) is 1.81. The number of hydrogen-bond acceptors (Lipinski definition) is 2. The quantitative estimate of drug-likeness (QED) is 0.904. The van der Waals surface area contributed by atoms with E-state index in [1.54, 1.807) is 0 Å². The molecule has 1 N–H and O–H groups in total. The van der Waals surface area contributed by atoms with E-state index in [1.807, 2.05) is 0 Å². The van der Waals surface area contributed by atoms with E-state index in [-0.39, 0.29) is 16.3 Å². The van der Waals surface area contributed by atoms with Gasteiger partial charge in [0.05, 0.1) is 5.57 Å². The van der Waals surface area contributed by atoms with Crippen LogP contribution in [0, 0.1) is 0 Å². The van der Waals surface area contributed by atoms with E-state index in [4.69, 9.17) is 21.4 Å². The number of carbonyl (C=O) groups is 1. The lowest BCUT2D eigenvalue weighted by atomic mass is 10.00. The van der Waals surface area contributed by atoms with Crippen LogP contribution in [0.3, 0.4) is 0 Å². The fraction of sp³-hybridized carbons (Fsp3) is 0.154. The number of hydrogen-bond donors (Lipinski definition) is 1. The Labute approximate surface area is 116 Å². The average molecular weight is 305 g/mol. The Balaban J connectivity index is 2.59. The van der Waals surface area contributed by atoms with Gasteiger partial charge in [-0.25, -0.2) is 4.79 Å². The second-order valence-corrected chi connectivity index (χ2v) is 4.47. The van der Waals surface area contributed by atoms with E-state index >= 15 is 0 Å². The van der Waals surface area contributed by atoms with E-state index in [9.17, 15) is 18.0 Å². The van der Waals surface area contributed by atoms with Gasteiger partial charge in [0.15, 0.2) is 0 Å². The summed E-state index contributed by atoms with van der Waals surface area (Å²) < 4.78 is 43.3. The minimum absolute atomic E-state index is 0.0865. The van der Waals surface area contributed by atoms with Crippen LogP contribution in [0.2, 0.25) is 5.02 Å². The summed E-state index contributed by atoms with van der Waals surface area (Å²) in [7, 11) is 0. The van der Waals surface area contributed by atoms with Gasteiger partial charge < -0.3 is 9.84 Å². The van der Waals surface area contributed by atoms with Gasteiger partial charge in [0.25, 0.3) is 0 Å². The van der Waals surface area contributed by atoms with Crippen LogP contribution in [0.25, 0.3) is 12.2 Å². The van der Waals surface area contributed by atoms with Crippen molar-refractivity contribution in [1.82, 2.24) is 0 Å². The highest BCUT2D eigenvalue weighted by molar-refractivity contribution is 6.32. The van der Waals surface area contributed by atoms with E-state index < -0.39 is 23.8 Å². The largest absolute Gasteiger partial charge is 0.478 e. The normalized spacial score (nSPS) is 17.8. The summed E-state index contributed by atoms with van der Waals surface area (Å²) in [6, 6.07) is 2.63. The van der Waals surface area contributed by atoms with Crippen molar-refractivity contribution in [2.45, 2.75) is 12.3 Å². The van der Waals surface area contributed by atoms with Crippen molar-refractivity contribution in [2.75, 3.05) is 0 Å². The SMILES string of the molecule is C=Cc1cc2c(cc1Cl)C=C(C(=O)O)C(C(F)(F)F)O2. The molecule has 0 fully saturated rings. The first-order valence-electron chi connectivity index (χ1n) is 5.38. The third-order valence-corrected chi connectivity index (χ3v) is 3.06. The van der Waals surface area contributed by atoms with Crippen LogP contribution in [0.5, 0.6) is 5.75 Å². The van der Waals surface area contributed by atoms with E-state index in [2.05, 4.69) is 6.58 Å². The number of carboxylic acid groups (broad SMARTS) is 1. The molecule has 106 valence electrons. The van der Waals surface area contributed by atoms with Crippen molar-refractivity contribution in [2.24, 2.45) is 0 Å². The molecule has 20 heavy (non-hydrogen) atoms. The molecule has 0 saturated heterocycles. The molecule has 0 aromatic heterocycles. The van der Waals surface area contributed by atoms with Gasteiger partial charge in [-0.2, -0.15) is 13.2 Å². The number of carboxylic acids is 1. The average Bonchev–Trinajstić information content (AvgIpc) is 2.35. The topological polar surface area (TPSA) is 46.5 Å². The first-order chi connectivity index (χ1) is 9.24. The van der Waals surface area contributed by atoms with Crippen LogP contribution in [0.1, 0.15) is 11.1 Å². The Hall–Kier alpha value is -1.95. The van der Waals surface area contributed by atoms with Gasteiger partial charge in [-0.1, -0.05) is 24.3 Å². The van der Waals surface area contributed by atoms with Crippen LogP contribution in [0.4, 0.5) is 13.2 Å². The summed E-state index contributed by atoms with van der Waals surface area (Å²) >= 11 is 5.89. The number of aliphatic carboxylic acids is 1. The van der Waals surface area contributed by atoms with Gasteiger partial charge >= 0.3 is 12.1 Å². The van der Waals surface area contributed by atoms with Crippen LogP contribution >= 0.6 is 11.6 Å². The van der Waals surface area contributed by atoms with Gasteiger partial charge in [0, 0.05) is 10.6 Å². The zero-order valence-electron chi connectivity index (χ0n) is 9.87. The zero-order valence-corrected chi connectivity index (χ0v) is 10.6. The number of halogens is 4. The lowest BCUT2D eigenvalue weighted by molar-refractivity contribution is -0.187. The Bertz CT molecular complexity index is 620. The predicted molar refractivity (Wildman–Crippen MR) is 67.6 cm³/mol. The van der Waals surface area contributed by atoms with Crippen molar-refractivity contribution in [3.63, 3.8) is 0 Å². The first-order valence-corrected chi connectivity index (χ1v) is 5.76. The molecule has 1 aromatic rings. The zero-order chi connectivity index (χ0) is 15.1. The third-order valence-electron chi connectivity index (χ3n) is 2.73. The second-order valence-electron chi connectivity index (χ2n) is 4.06. The molecule has 0 radical (unpaired) electrons. The summed E-state index contributed by atoms with van der Waals surface area (Å²) in [5.41, 5.74) is -0.301. The smallest absolute Gasteiger partial charge is 0.430 e. The molecule has 0 bridgehead atoms. The maximum atomic E-state index is 12.8. The number of benzene rings is 1. The summed E-state index contributed by atoms with van der Waals surface area (Å²) in [6.07, 6.45) is -5.05. The van der Waals surface area contributed by atoms with E-state index in [0.29, 0.717) is 5.56 Å². The van der Waals surface area contributed by atoms with Crippen LogP contribution < -0.4 is 4.74 Å². The van der Waals surface area contributed by atoms with Crippen LogP contribution in [0.15, 0.2) is 24.3 Å². The molecule has 1 heterocycles. The number of ether oxygens (including phenoxy) is 1. The molecule has 7 heteroatoms. The fourth-order valence-corrected chi connectivity index (χ4v) is 2.06. The van der Waals surface area contributed by atoms with Crippen molar-refractivity contribution in [1.29, 1.82) is 0 Å². The van der Waals surface area contributed by atoms with Gasteiger partial charge in [-0.05, 0) is 23.8 Å². The van der Waals surface area contributed by atoms with Crippen LogP contribution in [-0.4, -0.2) is 23.4 Å². The monoisotopic (exact) mass is 304 g/mol. The highest BCUT2D eigenvalue weighted by Crippen LogP contribution is 2.39. The van der Waals surface area contributed by atoms with Crippen LogP contribution in [-0.2, 0) is 4.79 Å². The molecule has 0 spiro atoms. The predicted octanol–water partition coefficient (Wildman–Crippen LogP) is 3.77. The Morgan fingerprint density at radius 2 is 2.10 bits per heavy atom. The van der Waals surface area contributed by atoms with Gasteiger partial charge in [0.2, 0.25) is 6.10 Å². The maximum absolute atomic E-state index is 12.8. The molecule has 1 unspecified atom stereocenters. The summed E-state index contributed by atoms with van der Waals surface area (Å²) in [6.45, 7) is 3.48. The van der Waals surface area contributed by atoms with Crippen molar-refractivity contribution in [3.8, 4) is 5.75 Å². The van der Waals surface area contributed by atoms with Gasteiger partial charge in [-0.15, -0.1) is 0 Å². The molecule has 3 nitrogen and oxygen atoms in total. The highest BCUT2D eigenvalue weighted by atomic mass is 35.5. The molecule has 2 rings (SSSR count). The Morgan fingerprint density at radius 3 is 2.60 bits per heavy atom. The number of rotatable bonds is 2. The van der Waals surface area contributed by atoms with E-state index in [0.717, 1.165) is 6.08 Å². The number of fused-ring (bicyclic) bond motifs is 1. The maximum Gasteiger partial charge on any atom is 0.430 e. The molecule has 0 saturated carbocycles. The lowest BCUT2D eigenvalue weighted by Gasteiger charge is -2.27. The molecule has 1 aliphatic heterocycles. The van der Waals surface area contributed by atoms with Crippen molar-refractivity contribution < 1.29 is 27.8 Å². The second kappa shape index (κ2) is 4.86. The minimum atomic E-state index is -4.82. The Morgan fingerprint density at radius 1 is 1.45 bits per heavy atom. The molecule has 0 aliphatic carbocycles. The summed E-state index contributed by atoms with van der Waals surface area (Å²) in [5, 5.41) is 9.11. The lowest BCUT2D eigenvalue weighted by Crippen LogP contribution is -2.40. The third kappa shape index (κ3) is 2.51. The summed E-state index contributed by atoms with van der Waals surface area (Å²) in [4.78, 5) is 10.9. The molecular weight excluding hydrogens is 297 g/mol. The van der Waals surface area contributed by atoms with Crippen molar-refractivity contribution >= 4 is 29.7 Å². The molecular formula is C13H8ClF3O3. The molecule has 1 aliphatic rings. The highest BCUT2D eigenvalue weighted by Gasteiger charge is 2.48. The number of alkyl halides is 3. The Kier molecular flexibility index (Phi) is 3.52. The van der Waals surface area contributed by atoms with E-state index in [1.165, 1.54) is 18.2 Å². The molecule has 1 aromatic carbocycles. The summed E-state index contributed by atoms with van der Waals surface area (Å²) in [5.74, 6) is -1.78. The molecule has 0 amide bonds.